The van der Waals surface area contributed by atoms with E-state index in [1.165, 1.54) is 37.5 Å². The second-order valence-electron chi connectivity index (χ2n) is 10.3. The summed E-state index contributed by atoms with van der Waals surface area (Å²) in [5.41, 5.74) is -2.78. The number of nitrogens with zero attached hydrogens (tertiary/aromatic N) is 5. The fourth-order valence-corrected chi connectivity index (χ4v) is 4.32. The molecule has 2 heterocycles. The van der Waals surface area contributed by atoms with Crippen molar-refractivity contribution in [3.63, 3.8) is 0 Å². The number of halogens is 7. The minimum atomic E-state index is -5.01. The van der Waals surface area contributed by atoms with Gasteiger partial charge >= 0.3 is 24.3 Å². The molecule has 1 saturated heterocycles. The SMILES string of the molecule is CN1CCN(c2ncc(C(=O)N(C)Cc3cc(C(F)(F)F)cc(C(F)(F)F)c3)c(-c3ccc(F)cc3)n2)CC1.O=C(O)/C=C/C(=O)O. The fraction of sp³-hybridized carbons (Fsp3) is 0.300. The second-order valence-corrected chi connectivity index (χ2v) is 10.3. The molecule has 1 amide bonds. The molecule has 0 atom stereocenters. The maximum absolute atomic E-state index is 13.6. The molecule has 2 N–H and O–H groups in total. The number of amides is 1. The van der Waals surface area contributed by atoms with Crippen molar-refractivity contribution in [3.05, 3.63) is 88.9 Å². The summed E-state index contributed by atoms with van der Waals surface area (Å²) in [5, 5.41) is 15.6. The average molecular weight is 672 g/mol. The average Bonchev–Trinajstić information content (AvgIpc) is 2.99. The lowest BCUT2D eigenvalue weighted by molar-refractivity contribution is -0.143. The Morgan fingerprint density at radius 1 is 0.872 bits per heavy atom. The van der Waals surface area contributed by atoms with Crippen LogP contribution in [0.15, 0.2) is 60.8 Å². The molecule has 1 fully saturated rings. The number of piperazine rings is 1. The Balaban J connectivity index is 0.000000665. The number of anilines is 1. The summed E-state index contributed by atoms with van der Waals surface area (Å²) >= 11 is 0. The van der Waals surface area contributed by atoms with Gasteiger partial charge in [-0.15, -0.1) is 0 Å². The molecule has 3 aromatic rings. The van der Waals surface area contributed by atoms with Gasteiger partial charge in [0.25, 0.3) is 5.91 Å². The molecule has 0 saturated carbocycles. The Morgan fingerprint density at radius 3 is 1.85 bits per heavy atom. The first-order valence-corrected chi connectivity index (χ1v) is 13.6. The highest BCUT2D eigenvalue weighted by Crippen LogP contribution is 2.36. The van der Waals surface area contributed by atoms with Crippen LogP contribution in [0.2, 0.25) is 0 Å². The maximum atomic E-state index is 13.6. The minimum absolute atomic E-state index is 0.0306. The van der Waals surface area contributed by atoms with Crippen LogP contribution in [0.25, 0.3) is 11.3 Å². The van der Waals surface area contributed by atoms with Gasteiger partial charge in [0.05, 0.1) is 22.4 Å². The van der Waals surface area contributed by atoms with E-state index in [0.717, 1.165) is 18.0 Å². The Labute approximate surface area is 263 Å². The van der Waals surface area contributed by atoms with Crippen LogP contribution in [0.1, 0.15) is 27.0 Å². The molecule has 0 spiro atoms. The predicted molar refractivity (Wildman–Crippen MR) is 154 cm³/mol. The molecule has 1 aliphatic heterocycles. The Morgan fingerprint density at radius 2 is 1.38 bits per heavy atom. The van der Waals surface area contributed by atoms with Crippen LogP contribution in [0, 0.1) is 5.82 Å². The lowest BCUT2D eigenvalue weighted by Crippen LogP contribution is -2.45. The number of carboxylic acid groups (broad SMARTS) is 2. The van der Waals surface area contributed by atoms with E-state index in [1.54, 1.807) is 0 Å². The lowest BCUT2D eigenvalue weighted by atomic mass is 10.0. The van der Waals surface area contributed by atoms with Gasteiger partial charge in [-0.2, -0.15) is 26.3 Å². The zero-order valence-corrected chi connectivity index (χ0v) is 24.8. The number of hydrogen-bond acceptors (Lipinski definition) is 7. The summed E-state index contributed by atoms with van der Waals surface area (Å²) in [6.07, 6.45) is -7.64. The van der Waals surface area contributed by atoms with Crippen molar-refractivity contribution in [1.82, 2.24) is 19.8 Å². The molecule has 0 bridgehead atoms. The number of carbonyl (C=O) groups excluding carboxylic acids is 1. The molecule has 252 valence electrons. The minimum Gasteiger partial charge on any atom is -0.478 e. The lowest BCUT2D eigenvalue weighted by Gasteiger charge is -2.32. The third kappa shape index (κ3) is 10.5. The molecule has 1 aliphatic rings. The van der Waals surface area contributed by atoms with Crippen LogP contribution in [0.4, 0.5) is 36.7 Å². The van der Waals surface area contributed by atoms with Gasteiger partial charge < -0.3 is 24.9 Å². The number of carbonyl (C=O) groups is 3. The topological polar surface area (TPSA) is 127 Å². The van der Waals surface area contributed by atoms with E-state index in [0.29, 0.717) is 48.9 Å². The van der Waals surface area contributed by atoms with E-state index in [2.05, 4.69) is 14.9 Å². The van der Waals surface area contributed by atoms with Gasteiger partial charge in [-0.25, -0.2) is 23.9 Å². The predicted octanol–water partition coefficient (Wildman–Crippen LogP) is 5.06. The van der Waals surface area contributed by atoms with E-state index in [9.17, 15) is 45.1 Å². The molecule has 2 aromatic carbocycles. The Bertz CT molecular complexity index is 1570. The number of aromatic nitrogens is 2. The van der Waals surface area contributed by atoms with Gasteiger partial charge in [-0.1, -0.05) is 0 Å². The Kier molecular flexibility index (Phi) is 11.6. The molecular formula is C30H28F7N5O5. The normalized spacial score (nSPS) is 14.0. The van der Waals surface area contributed by atoms with E-state index < -0.39 is 53.7 Å². The van der Waals surface area contributed by atoms with Crippen molar-refractivity contribution in [3.8, 4) is 11.3 Å². The largest absolute Gasteiger partial charge is 0.478 e. The molecule has 4 rings (SSSR count). The summed E-state index contributed by atoms with van der Waals surface area (Å²) < 4.78 is 93.3. The number of hydrogen-bond donors (Lipinski definition) is 2. The maximum Gasteiger partial charge on any atom is 0.416 e. The Hall–Kier alpha value is -5.06. The van der Waals surface area contributed by atoms with E-state index >= 15 is 0 Å². The molecule has 0 aliphatic carbocycles. The van der Waals surface area contributed by atoms with Gasteiger partial charge in [-0.05, 0) is 55.1 Å². The van der Waals surface area contributed by atoms with Crippen LogP contribution >= 0.6 is 0 Å². The summed E-state index contributed by atoms with van der Waals surface area (Å²) in [6.45, 7) is 2.23. The fourth-order valence-electron chi connectivity index (χ4n) is 4.32. The van der Waals surface area contributed by atoms with Gasteiger partial charge in [0.15, 0.2) is 0 Å². The van der Waals surface area contributed by atoms with Crippen LogP contribution in [-0.2, 0) is 28.5 Å². The van der Waals surface area contributed by atoms with Gasteiger partial charge in [0, 0.05) is 63.7 Å². The number of benzene rings is 2. The highest BCUT2D eigenvalue weighted by Gasteiger charge is 2.37. The standard InChI is InChI=1S/C26H24F7N5O.C4H4O4/c1-36-7-9-38(10-8-36)24-34-14-21(22(35-24)17-3-5-20(27)6-4-17)23(39)37(2)15-16-11-18(25(28,29)30)13-19(12-16)26(31,32)33;5-3(6)1-2-4(7)8/h3-6,11-14H,7-10,15H2,1-2H3;1-2H,(H,5,6)(H,7,8)/b;2-1+. The molecular weight excluding hydrogens is 643 g/mol. The van der Waals surface area contributed by atoms with Gasteiger partial charge in [0.2, 0.25) is 5.95 Å². The number of alkyl halides is 6. The second kappa shape index (κ2) is 15.0. The molecule has 47 heavy (non-hydrogen) atoms. The third-order valence-electron chi connectivity index (χ3n) is 6.69. The highest BCUT2D eigenvalue weighted by atomic mass is 19.4. The number of aliphatic carboxylic acids is 2. The number of rotatable bonds is 7. The van der Waals surface area contributed by atoms with Crippen molar-refractivity contribution in [1.29, 1.82) is 0 Å². The zero-order valence-electron chi connectivity index (χ0n) is 24.8. The molecule has 0 unspecified atom stereocenters. The van der Waals surface area contributed by atoms with Crippen LogP contribution in [-0.4, -0.2) is 88.1 Å². The van der Waals surface area contributed by atoms with Crippen LogP contribution < -0.4 is 4.90 Å². The zero-order chi connectivity index (χ0) is 35.1. The van der Waals surface area contributed by atoms with Crippen molar-refractivity contribution < 1.29 is 55.3 Å². The number of carboxylic acids is 2. The summed E-state index contributed by atoms with van der Waals surface area (Å²) in [7, 11) is 3.22. The monoisotopic (exact) mass is 671 g/mol. The van der Waals surface area contributed by atoms with Gasteiger partial charge in [0.1, 0.15) is 5.82 Å². The van der Waals surface area contributed by atoms with Crippen molar-refractivity contribution in [2.45, 2.75) is 18.9 Å². The summed E-state index contributed by atoms with van der Waals surface area (Å²) in [6, 6.07) is 6.40. The van der Waals surface area contributed by atoms with Crippen molar-refractivity contribution >= 4 is 23.8 Å². The van der Waals surface area contributed by atoms with E-state index in [-0.39, 0.29) is 22.9 Å². The van der Waals surface area contributed by atoms with E-state index in [1.807, 2.05) is 11.9 Å². The van der Waals surface area contributed by atoms with Crippen LogP contribution in [0.3, 0.4) is 0 Å². The quantitative estimate of drug-likeness (QED) is 0.262. The van der Waals surface area contributed by atoms with Crippen molar-refractivity contribution in [2.75, 3.05) is 45.2 Å². The first-order valence-electron chi connectivity index (χ1n) is 13.6. The first kappa shape index (κ1) is 36.4. The molecule has 10 nitrogen and oxygen atoms in total. The highest BCUT2D eigenvalue weighted by molar-refractivity contribution is 5.99. The summed E-state index contributed by atoms with van der Waals surface area (Å²) in [5.74, 6) is -3.42. The smallest absolute Gasteiger partial charge is 0.416 e. The van der Waals surface area contributed by atoms with E-state index in [4.69, 9.17) is 10.2 Å². The van der Waals surface area contributed by atoms with Crippen LogP contribution in [0.5, 0.6) is 0 Å². The summed E-state index contributed by atoms with van der Waals surface area (Å²) in [4.78, 5) is 46.4. The third-order valence-corrected chi connectivity index (χ3v) is 6.69. The molecule has 17 heteroatoms. The van der Waals surface area contributed by atoms with Crippen molar-refractivity contribution in [2.24, 2.45) is 0 Å². The molecule has 1 aromatic heterocycles. The first-order chi connectivity index (χ1) is 21.8. The molecule has 0 radical (unpaired) electrons. The number of likely N-dealkylation sites (N-methyl/N-ethyl adjacent to an activating group) is 1. The van der Waals surface area contributed by atoms with Gasteiger partial charge in [-0.3, -0.25) is 4.79 Å².